The molecule has 0 saturated carbocycles. The second-order valence-electron chi connectivity index (χ2n) is 4.50. The lowest BCUT2D eigenvalue weighted by molar-refractivity contribution is -0.116. The Morgan fingerprint density at radius 1 is 1.43 bits per heavy atom. The Hall–Kier alpha value is -2.63. The van der Waals surface area contributed by atoms with Crippen LogP contribution in [0.1, 0.15) is 18.3 Å². The van der Waals surface area contributed by atoms with E-state index >= 15 is 0 Å². The van der Waals surface area contributed by atoms with Crippen LogP contribution >= 0.6 is 0 Å². The van der Waals surface area contributed by atoms with Crippen LogP contribution in [0.4, 0.5) is 0 Å². The molecule has 1 amide bonds. The Morgan fingerprint density at radius 3 is 2.95 bits per heavy atom. The molecule has 0 fully saturated rings. The van der Waals surface area contributed by atoms with Crippen LogP contribution in [0.5, 0.6) is 5.75 Å². The second-order valence-corrected chi connectivity index (χ2v) is 4.50. The second kappa shape index (κ2) is 7.23. The molecule has 21 heavy (non-hydrogen) atoms. The van der Waals surface area contributed by atoms with Gasteiger partial charge >= 0.3 is 0 Å². The number of para-hydroxylation sites is 1. The molecule has 6 heteroatoms. The Balaban J connectivity index is 1.93. The first kappa shape index (κ1) is 14.8. The number of H-pyrrole nitrogens is 1. The zero-order chi connectivity index (χ0) is 15.1. The number of rotatable bonds is 6. The summed E-state index contributed by atoms with van der Waals surface area (Å²) in [6.07, 6.45) is 3.63. The fourth-order valence-electron chi connectivity index (χ4n) is 1.95. The maximum Gasteiger partial charge on any atom is 0.244 e. The van der Waals surface area contributed by atoms with Gasteiger partial charge in [-0.3, -0.25) is 9.89 Å². The highest BCUT2D eigenvalue weighted by atomic mass is 16.5. The number of methoxy groups -OCH3 is 1. The predicted molar refractivity (Wildman–Crippen MR) is 79.7 cm³/mol. The van der Waals surface area contributed by atoms with Crippen LogP contribution in [0.3, 0.4) is 0 Å². The first-order chi connectivity index (χ1) is 10.2. The van der Waals surface area contributed by atoms with Gasteiger partial charge in [-0.05, 0) is 18.6 Å². The number of hydrogen-bond acceptors (Lipinski definition) is 4. The zero-order valence-electron chi connectivity index (χ0n) is 12.1. The smallest absolute Gasteiger partial charge is 0.244 e. The van der Waals surface area contributed by atoms with Crippen LogP contribution in [0.15, 0.2) is 36.7 Å². The van der Waals surface area contributed by atoms with Crippen molar-refractivity contribution in [3.63, 3.8) is 0 Å². The summed E-state index contributed by atoms with van der Waals surface area (Å²) in [6, 6.07) is 7.60. The predicted octanol–water partition coefficient (Wildman–Crippen LogP) is 1.58. The number of aromatic nitrogens is 3. The van der Waals surface area contributed by atoms with Gasteiger partial charge in [0.2, 0.25) is 5.91 Å². The number of carbonyl (C=O) groups excluding carboxylic acids is 1. The van der Waals surface area contributed by atoms with Crippen LogP contribution < -0.4 is 10.1 Å². The van der Waals surface area contributed by atoms with Gasteiger partial charge in [-0.1, -0.05) is 18.2 Å². The van der Waals surface area contributed by atoms with E-state index in [1.165, 1.54) is 6.33 Å². The highest BCUT2D eigenvalue weighted by Gasteiger charge is 2.06. The lowest BCUT2D eigenvalue weighted by atomic mass is 10.1. The van der Waals surface area contributed by atoms with Crippen LogP contribution in [-0.4, -0.2) is 34.7 Å². The number of hydrogen-bond donors (Lipinski definition) is 2. The van der Waals surface area contributed by atoms with Crippen molar-refractivity contribution in [1.29, 1.82) is 0 Å². The van der Waals surface area contributed by atoms with Crippen molar-refractivity contribution >= 4 is 11.5 Å². The van der Waals surface area contributed by atoms with Gasteiger partial charge in [-0.15, -0.1) is 0 Å². The first-order valence-corrected chi connectivity index (χ1v) is 6.64. The number of aromatic amines is 1. The summed E-state index contributed by atoms with van der Waals surface area (Å²) in [5.41, 5.74) is 1.76. The number of carbonyl (C=O) groups is 1. The third kappa shape index (κ3) is 4.17. The Bertz CT molecular complexity index is 620. The number of nitrogens with zero attached hydrogens (tertiary/aromatic N) is 2. The third-order valence-corrected chi connectivity index (χ3v) is 3.01. The van der Waals surface area contributed by atoms with Crippen LogP contribution in [-0.2, 0) is 11.2 Å². The van der Waals surface area contributed by atoms with Gasteiger partial charge in [0, 0.05) is 24.6 Å². The lowest BCUT2D eigenvalue weighted by Crippen LogP contribution is -2.24. The summed E-state index contributed by atoms with van der Waals surface area (Å²) in [6.45, 7) is 2.39. The molecule has 110 valence electrons. The van der Waals surface area contributed by atoms with Gasteiger partial charge < -0.3 is 10.1 Å². The summed E-state index contributed by atoms with van der Waals surface area (Å²) in [4.78, 5) is 15.9. The summed E-state index contributed by atoms with van der Waals surface area (Å²) in [5.74, 6) is 1.36. The fourth-order valence-corrected chi connectivity index (χ4v) is 1.95. The zero-order valence-corrected chi connectivity index (χ0v) is 12.1. The van der Waals surface area contributed by atoms with Gasteiger partial charge in [-0.25, -0.2) is 4.98 Å². The van der Waals surface area contributed by atoms with Crippen molar-refractivity contribution in [3.8, 4) is 5.75 Å². The average Bonchev–Trinajstić information content (AvgIpc) is 3.00. The Labute approximate surface area is 123 Å². The molecular formula is C15H18N4O2. The average molecular weight is 286 g/mol. The van der Waals surface area contributed by atoms with Crippen molar-refractivity contribution in [1.82, 2.24) is 20.5 Å². The highest BCUT2D eigenvalue weighted by molar-refractivity contribution is 5.95. The molecule has 0 aliphatic rings. The van der Waals surface area contributed by atoms with Crippen LogP contribution in [0.25, 0.3) is 5.57 Å². The standard InChI is InChI=1S/C15H18N4O2/c1-11(12-5-3-4-6-13(12)21-2)9-15(20)16-8-7-14-17-10-18-19-14/h3-6,9-10H,7-8H2,1-2H3,(H,16,20)(H,17,18,19). The largest absolute Gasteiger partial charge is 0.496 e. The molecule has 0 aliphatic carbocycles. The van der Waals surface area contributed by atoms with Crippen molar-refractivity contribution in [2.75, 3.05) is 13.7 Å². The maximum atomic E-state index is 11.9. The van der Waals surface area contributed by atoms with Crippen molar-refractivity contribution in [3.05, 3.63) is 48.1 Å². The van der Waals surface area contributed by atoms with Crippen LogP contribution in [0.2, 0.25) is 0 Å². The topological polar surface area (TPSA) is 79.9 Å². The van der Waals surface area contributed by atoms with E-state index in [1.54, 1.807) is 13.2 Å². The molecule has 0 radical (unpaired) electrons. The molecular weight excluding hydrogens is 268 g/mol. The molecule has 2 rings (SSSR count). The molecule has 0 atom stereocenters. The molecule has 1 aromatic carbocycles. The minimum Gasteiger partial charge on any atom is -0.496 e. The van der Waals surface area contributed by atoms with Crippen molar-refractivity contribution < 1.29 is 9.53 Å². The highest BCUT2D eigenvalue weighted by Crippen LogP contribution is 2.24. The van der Waals surface area contributed by atoms with Crippen molar-refractivity contribution in [2.24, 2.45) is 0 Å². The van der Waals surface area contributed by atoms with E-state index < -0.39 is 0 Å². The maximum absolute atomic E-state index is 11.9. The third-order valence-electron chi connectivity index (χ3n) is 3.01. The van der Waals surface area contributed by atoms with E-state index in [0.717, 1.165) is 22.7 Å². The Kier molecular flexibility index (Phi) is 5.09. The molecule has 0 unspecified atom stereocenters. The number of ether oxygens (including phenoxy) is 1. The van der Waals surface area contributed by atoms with Gasteiger partial charge in [0.15, 0.2) is 0 Å². The SMILES string of the molecule is COc1ccccc1C(C)=CC(=O)NCCc1ncn[nH]1. The molecule has 2 N–H and O–H groups in total. The first-order valence-electron chi connectivity index (χ1n) is 6.64. The number of amides is 1. The van der Waals surface area contributed by atoms with Gasteiger partial charge in [0.25, 0.3) is 0 Å². The van der Waals surface area contributed by atoms with Gasteiger partial charge in [0.05, 0.1) is 7.11 Å². The molecule has 0 spiro atoms. The lowest BCUT2D eigenvalue weighted by Gasteiger charge is -2.08. The van der Waals surface area contributed by atoms with E-state index in [4.69, 9.17) is 4.74 Å². The van der Waals surface area contributed by atoms with Gasteiger partial charge in [0.1, 0.15) is 17.9 Å². The quantitative estimate of drug-likeness (QED) is 0.790. The normalized spacial score (nSPS) is 11.2. The number of nitrogens with one attached hydrogen (secondary N) is 2. The van der Waals surface area contributed by atoms with E-state index in [2.05, 4.69) is 20.5 Å². The molecule has 6 nitrogen and oxygen atoms in total. The minimum absolute atomic E-state index is 0.141. The summed E-state index contributed by atoms with van der Waals surface area (Å²) >= 11 is 0. The fraction of sp³-hybridized carbons (Fsp3) is 0.267. The summed E-state index contributed by atoms with van der Waals surface area (Å²) in [5, 5.41) is 9.32. The minimum atomic E-state index is -0.141. The molecule has 0 bridgehead atoms. The Morgan fingerprint density at radius 2 is 2.24 bits per heavy atom. The van der Waals surface area contributed by atoms with Crippen molar-refractivity contribution in [2.45, 2.75) is 13.3 Å². The molecule has 0 saturated heterocycles. The van der Waals surface area contributed by atoms with E-state index in [9.17, 15) is 4.79 Å². The molecule has 2 aromatic rings. The summed E-state index contributed by atoms with van der Waals surface area (Å²) < 4.78 is 5.29. The molecule has 1 heterocycles. The molecule has 1 aromatic heterocycles. The summed E-state index contributed by atoms with van der Waals surface area (Å²) in [7, 11) is 1.61. The van der Waals surface area contributed by atoms with Gasteiger partial charge in [-0.2, -0.15) is 5.10 Å². The van der Waals surface area contributed by atoms with E-state index in [1.807, 2.05) is 31.2 Å². The van der Waals surface area contributed by atoms with E-state index in [-0.39, 0.29) is 5.91 Å². The number of benzene rings is 1. The van der Waals surface area contributed by atoms with E-state index in [0.29, 0.717) is 13.0 Å². The molecule has 0 aliphatic heterocycles. The number of allylic oxidation sites excluding steroid dienone is 1. The monoisotopic (exact) mass is 286 g/mol. The van der Waals surface area contributed by atoms with Crippen LogP contribution in [0, 0.1) is 0 Å².